The number of nitrogens with one attached hydrogen (secondary N) is 1. The van der Waals surface area contributed by atoms with E-state index in [0.29, 0.717) is 25.1 Å². The van der Waals surface area contributed by atoms with Crippen LogP contribution in [0.15, 0.2) is 54.7 Å². The van der Waals surface area contributed by atoms with Crippen LogP contribution in [0.4, 0.5) is 0 Å². The third kappa shape index (κ3) is 6.09. The van der Waals surface area contributed by atoms with Gasteiger partial charge in [-0.25, -0.2) is 0 Å². The molecule has 1 N–H and O–H groups in total. The molecule has 176 valence electrons. The summed E-state index contributed by atoms with van der Waals surface area (Å²) >= 11 is 0. The fourth-order valence-electron chi connectivity index (χ4n) is 3.51. The number of amides is 2. The first-order chi connectivity index (χ1) is 15.9. The first-order valence-electron chi connectivity index (χ1n) is 10.6. The summed E-state index contributed by atoms with van der Waals surface area (Å²) in [6.45, 7) is 0.412. The Kier molecular flexibility index (Phi) is 8.01. The molecule has 3 aromatic rings. The Morgan fingerprint density at radius 2 is 1.88 bits per heavy atom. The molecule has 0 spiro atoms. The number of aryl methyl sites for hydroxylation is 1. The van der Waals surface area contributed by atoms with E-state index in [9.17, 15) is 9.59 Å². The number of carbonyl (C=O) groups is 2. The van der Waals surface area contributed by atoms with E-state index in [1.807, 2.05) is 49.6 Å². The number of rotatable bonds is 10. The topological polar surface area (TPSA) is 98.6 Å². The maximum atomic E-state index is 13.3. The molecule has 2 amide bonds. The van der Waals surface area contributed by atoms with Crippen molar-refractivity contribution in [1.29, 1.82) is 0 Å². The molecule has 2 aromatic heterocycles. The highest BCUT2D eigenvalue weighted by atomic mass is 16.5. The predicted octanol–water partition coefficient (Wildman–Crippen LogP) is 2.58. The van der Waals surface area contributed by atoms with E-state index in [1.54, 1.807) is 22.6 Å². The molecule has 0 aliphatic carbocycles. The van der Waals surface area contributed by atoms with Crippen molar-refractivity contribution < 1.29 is 20.5 Å². The van der Waals surface area contributed by atoms with Gasteiger partial charge in [0.05, 0.1) is 14.2 Å². The van der Waals surface area contributed by atoms with Crippen molar-refractivity contribution in [2.75, 3.05) is 27.8 Å². The van der Waals surface area contributed by atoms with Crippen LogP contribution in [0.3, 0.4) is 0 Å². The molecular formula is C24H31N5O4. The normalized spacial score (nSPS) is 11.5. The zero-order chi connectivity index (χ0) is 23.8. The summed E-state index contributed by atoms with van der Waals surface area (Å²) in [5, 5.41) is 2.95. The highest BCUT2D eigenvalue weighted by molar-refractivity contribution is 5.93. The van der Waals surface area contributed by atoms with Crippen LogP contribution >= 0.6 is 0 Å². The Morgan fingerprint density at radius 3 is 2.52 bits per heavy atom. The molecule has 0 aliphatic rings. The number of benzene rings is 1. The van der Waals surface area contributed by atoms with E-state index in [2.05, 4.69) is 15.3 Å². The van der Waals surface area contributed by atoms with Crippen LogP contribution in [0, 0.1) is 0 Å². The Labute approximate surface area is 194 Å². The summed E-state index contributed by atoms with van der Waals surface area (Å²) in [4.78, 5) is 35.6. The van der Waals surface area contributed by atoms with E-state index in [4.69, 9.17) is 9.47 Å². The lowest BCUT2D eigenvalue weighted by atomic mass is 10.0. The molecule has 0 saturated heterocycles. The summed E-state index contributed by atoms with van der Waals surface area (Å²) in [6, 6.07) is 14.9. The smallest absolute Gasteiger partial charge is 0.320 e. The number of likely N-dealkylation sites (N-methyl/N-ethyl adjacent to an activating group) is 1. The first kappa shape index (κ1) is 23.8. The number of nitrogens with zero attached hydrogens (tertiary/aromatic N) is 4. The van der Waals surface area contributed by atoms with Gasteiger partial charge >= 0.3 is 6.01 Å². The highest BCUT2D eigenvalue weighted by Crippen LogP contribution is 2.18. The van der Waals surface area contributed by atoms with Crippen LogP contribution in [0.1, 0.15) is 34.4 Å². The second-order valence-corrected chi connectivity index (χ2v) is 7.59. The van der Waals surface area contributed by atoms with Gasteiger partial charge in [-0.05, 0) is 30.5 Å². The third-order valence-corrected chi connectivity index (χ3v) is 5.41. The predicted molar refractivity (Wildman–Crippen MR) is 126 cm³/mol. The summed E-state index contributed by atoms with van der Waals surface area (Å²) in [5.74, 6) is -0.197. The van der Waals surface area contributed by atoms with Gasteiger partial charge in [-0.1, -0.05) is 30.3 Å². The lowest BCUT2D eigenvalue weighted by molar-refractivity contribution is 0.0715. The molecule has 2 heterocycles. The molecule has 9 heteroatoms. The van der Waals surface area contributed by atoms with Crippen molar-refractivity contribution in [1.82, 2.24) is 24.8 Å². The molecule has 33 heavy (non-hydrogen) atoms. The molecule has 0 fully saturated rings. The Hall–Kier alpha value is -3.88. The number of aromatic nitrogens is 3. The highest BCUT2D eigenvalue weighted by Gasteiger charge is 2.24. The van der Waals surface area contributed by atoms with Gasteiger partial charge < -0.3 is 24.3 Å². The SMILES string of the molecule is COc1cc(C(=O)N(C)[C@H](CCNC(=O)c2cccn2C)Cc2ccccc2)nc(OC)n1.[HH]. The molecule has 0 aliphatic heterocycles. The third-order valence-electron chi connectivity index (χ3n) is 5.41. The van der Waals surface area contributed by atoms with Gasteiger partial charge in [-0.15, -0.1) is 0 Å². The average Bonchev–Trinajstić information content (AvgIpc) is 3.28. The van der Waals surface area contributed by atoms with Crippen molar-refractivity contribution in [3.05, 3.63) is 71.7 Å². The van der Waals surface area contributed by atoms with Crippen LogP contribution in [-0.2, 0) is 13.5 Å². The second kappa shape index (κ2) is 11.1. The maximum absolute atomic E-state index is 13.3. The van der Waals surface area contributed by atoms with Crippen LogP contribution in [0.25, 0.3) is 0 Å². The molecular weight excluding hydrogens is 422 g/mol. The minimum Gasteiger partial charge on any atom is -0.481 e. The lowest BCUT2D eigenvalue weighted by Crippen LogP contribution is -2.41. The first-order valence-corrected chi connectivity index (χ1v) is 10.6. The van der Waals surface area contributed by atoms with Crippen molar-refractivity contribution in [3.8, 4) is 11.9 Å². The zero-order valence-electron chi connectivity index (χ0n) is 19.3. The number of hydrogen-bond acceptors (Lipinski definition) is 6. The minimum absolute atomic E-state index is 0. The fraction of sp³-hybridized carbons (Fsp3) is 0.333. The van der Waals surface area contributed by atoms with E-state index in [1.165, 1.54) is 20.3 Å². The number of methoxy groups -OCH3 is 2. The largest absolute Gasteiger partial charge is 0.481 e. The summed E-state index contributed by atoms with van der Waals surface area (Å²) in [6.07, 6.45) is 3.01. The Morgan fingerprint density at radius 1 is 1.12 bits per heavy atom. The quantitative estimate of drug-likeness (QED) is 0.507. The lowest BCUT2D eigenvalue weighted by Gasteiger charge is -2.28. The molecule has 0 bridgehead atoms. The average molecular weight is 454 g/mol. The fourth-order valence-corrected chi connectivity index (χ4v) is 3.51. The maximum Gasteiger partial charge on any atom is 0.320 e. The van der Waals surface area contributed by atoms with E-state index >= 15 is 0 Å². The van der Waals surface area contributed by atoms with E-state index in [0.717, 1.165) is 5.56 Å². The Balaban J connectivity index is 0.00000408. The van der Waals surface area contributed by atoms with Crippen LogP contribution in [0.5, 0.6) is 11.9 Å². The summed E-state index contributed by atoms with van der Waals surface area (Å²) in [5.41, 5.74) is 1.85. The van der Waals surface area contributed by atoms with Gasteiger partial charge in [0, 0.05) is 40.4 Å². The monoisotopic (exact) mass is 453 g/mol. The summed E-state index contributed by atoms with van der Waals surface area (Å²) in [7, 11) is 6.45. The molecule has 9 nitrogen and oxygen atoms in total. The number of carbonyl (C=O) groups excluding carboxylic acids is 2. The van der Waals surface area contributed by atoms with E-state index < -0.39 is 0 Å². The van der Waals surface area contributed by atoms with Gasteiger partial charge in [-0.3, -0.25) is 9.59 Å². The van der Waals surface area contributed by atoms with Crippen molar-refractivity contribution in [2.24, 2.45) is 7.05 Å². The van der Waals surface area contributed by atoms with Gasteiger partial charge in [0.1, 0.15) is 11.4 Å². The van der Waals surface area contributed by atoms with Crippen molar-refractivity contribution in [2.45, 2.75) is 18.9 Å². The van der Waals surface area contributed by atoms with Gasteiger partial charge in [0.2, 0.25) is 5.88 Å². The van der Waals surface area contributed by atoms with Crippen molar-refractivity contribution >= 4 is 11.8 Å². The molecule has 0 radical (unpaired) electrons. The molecule has 3 rings (SSSR count). The van der Waals surface area contributed by atoms with Crippen LogP contribution in [0.2, 0.25) is 0 Å². The second-order valence-electron chi connectivity index (χ2n) is 7.59. The number of hydrogen-bond donors (Lipinski definition) is 1. The van der Waals surface area contributed by atoms with Gasteiger partial charge in [0.15, 0.2) is 0 Å². The molecule has 1 atom stereocenters. The summed E-state index contributed by atoms with van der Waals surface area (Å²) < 4.78 is 12.0. The van der Waals surface area contributed by atoms with Crippen LogP contribution < -0.4 is 14.8 Å². The van der Waals surface area contributed by atoms with Crippen LogP contribution in [-0.4, -0.2) is 65.1 Å². The Bertz CT molecular complexity index is 1070. The van der Waals surface area contributed by atoms with E-state index in [-0.39, 0.29) is 36.9 Å². The van der Waals surface area contributed by atoms with Crippen molar-refractivity contribution in [3.63, 3.8) is 0 Å². The van der Waals surface area contributed by atoms with Gasteiger partial charge in [-0.2, -0.15) is 9.97 Å². The number of ether oxygens (including phenoxy) is 2. The minimum atomic E-state index is -0.288. The zero-order valence-corrected chi connectivity index (χ0v) is 19.3. The molecule has 0 saturated carbocycles. The van der Waals surface area contributed by atoms with Gasteiger partial charge in [0.25, 0.3) is 11.8 Å². The molecule has 0 unspecified atom stereocenters. The standard InChI is InChI=1S/C24H29N5O4.H2/c1-28-14-8-11-20(28)22(30)25-13-12-18(15-17-9-6-5-7-10-17)29(2)23(31)19-16-21(32-3)27-24(26-19)33-4;/h5-11,14,16,18H,12-13,15H2,1-4H3,(H,25,30);1H/t18-;/m1./s1. The molecule has 1 aromatic carbocycles.